The van der Waals surface area contributed by atoms with Gasteiger partial charge in [0.05, 0.1) is 0 Å². The van der Waals surface area contributed by atoms with Gasteiger partial charge in [-0.15, -0.1) is 0 Å². The average molecular weight is 724 g/mol. The molecule has 4 atom stereocenters. The number of carbonyl (C=O) groups is 5. The first-order valence-corrected chi connectivity index (χ1v) is 18.2. The van der Waals surface area contributed by atoms with Gasteiger partial charge in [0.1, 0.15) is 29.9 Å². The number of phenolic OH excluding ortho intramolecular Hbond substituents is 1. The molecule has 2 heterocycles. The van der Waals surface area contributed by atoms with Crippen LogP contribution < -0.4 is 32.3 Å². The van der Waals surface area contributed by atoms with Crippen molar-refractivity contribution in [3.63, 3.8) is 0 Å². The van der Waals surface area contributed by atoms with Crippen molar-refractivity contribution in [3.05, 3.63) is 102 Å². The van der Waals surface area contributed by atoms with E-state index in [0.717, 1.165) is 22.0 Å². The summed E-state index contributed by atoms with van der Waals surface area (Å²) in [6.45, 7) is 0.649. The number of aromatic nitrogens is 1. The minimum absolute atomic E-state index is 0.0688. The van der Waals surface area contributed by atoms with Gasteiger partial charge in [0.2, 0.25) is 29.5 Å². The number of aromatic amines is 1. The summed E-state index contributed by atoms with van der Waals surface area (Å²) >= 11 is 0. The molecule has 1 aromatic heterocycles. The van der Waals surface area contributed by atoms with Gasteiger partial charge in [-0.1, -0.05) is 60.7 Å². The van der Waals surface area contributed by atoms with E-state index in [1.165, 1.54) is 12.1 Å². The van der Waals surface area contributed by atoms with Crippen molar-refractivity contribution in [2.75, 3.05) is 13.1 Å². The molecule has 1 saturated heterocycles. The molecule has 9 N–H and O–H groups in total. The predicted molar refractivity (Wildman–Crippen MR) is 201 cm³/mol. The van der Waals surface area contributed by atoms with Crippen LogP contribution in [0.1, 0.15) is 55.2 Å². The van der Waals surface area contributed by atoms with Crippen molar-refractivity contribution in [2.24, 2.45) is 5.73 Å². The lowest BCUT2D eigenvalue weighted by atomic mass is 10.0. The van der Waals surface area contributed by atoms with Crippen LogP contribution in [0.4, 0.5) is 0 Å². The number of carbonyl (C=O) groups excluding carboxylic acids is 5. The Morgan fingerprint density at radius 1 is 0.623 bits per heavy atom. The van der Waals surface area contributed by atoms with Crippen LogP contribution in [0.15, 0.2) is 85.1 Å². The van der Waals surface area contributed by atoms with Crippen LogP contribution in [0.2, 0.25) is 0 Å². The molecule has 0 spiro atoms. The van der Waals surface area contributed by atoms with Crippen molar-refractivity contribution in [2.45, 2.75) is 82.0 Å². The highest BCUT2D eigenvalue weighted by molar-refractivity contribution is 5.96. The zero-order chi connectivity index (χ0) is 37.6. The van der Waals surface area contributed by atoms with E-state index >= 15 is 0 Å². The summed E-state index contributed by atoms with van der Waals surface area (Å²) in [4.78, 5) is 72.2. The smallest absolute Gasteiger partial charge is 0.243 e. The predicted octanol–water partition coefficient (Wildman–Crippen LogP) is 2.27. The molecule has 5 amide bonds. The van der Waals surface area contributed by atoms with E-state index in [2.05, 4.69) is 31.6 Å². The van der Waals surface area contributed by atoms with Crippen molar-refractivity contribution in [1.82, 2.24) is 31.6 Å². The standard InChI is InChI=1S/C40H49N7O6/c41-20-8-6-14-32-38(51)46-33(23-27-16-18-29(48)19-17-27)37(50)42-21-9-7-15-36(49)44-34(22-26-10-2-1-3-11-26)39(52)47-35(40(53)45-32)24-28-25-43-31-13-5-4-12-30(28)31/h1-5,10-13,16-19,25,32-35,43,48H,6-9,14-15,20-24,41H2,(H,42,50)(H,44,49)(H,45,53)(H,46,51)(H,47,52)/t32-,33-,34-,35-/m0/s1. The minimum Gasteiger partial charge on any atom is -0.508 e. The Bertz CT molecular complexity index is 1850. The summed E-state index contributed by atoms with van der Waals surface area (Å²) in [7, 11) is 0. The molecule has 1 aliphatic rings. The summed E-state index contributed by atoms with van der Waals surface area (Å²) < 4.78 is 0. The van der Waals surface area contributed by atoms with E-state index in [9.17, 15) is 29.1 Å². The monoisotopic (exact) mass is 723 g/mol. The molecule has 280 valence electrons. The highest BCUT2D eigenvalue weighted by Gasteiger charge is 2.32. The van der Waals surface area contributed by atoms with Gasteiger partial charge < -0.3 is 42.4 Å². The van der Waals surface area contributed by atoms with Crippen LogP contribution in [-0.2, 0) is 43.2 Å². The topological polar surface area (TPSA) is 208 Å². The summed E-state index contributed by atoms with van der Waals surface area (Å²) in [6, 6.07) is 19.1. The van der Waals surface area contributed by atoms with Gasteiger partial charge in [0.25, 0.3) is 0 Å². The number of H-pyrrole nitrogens is 1. The molecule has 53 heavy (non-hydrogen) atoms. The maximum absolute atomic E-state index is 14.3. The first-order chi connectivity index (χ1) is 25.7. The number of benzene rings is 3. The second kappa shape index (κ2) is 19.2. The Hall–Kier alpha value is -5.69. The summed E-state index contributed by atoms with van der Waals surface area (Å²) in [5, 5.41) is 25.0. The van der Waals surface area contributed by atoms with E-state index in [4.69, 9.17) is 5.73 Å². The molecule has 0 saturated carbocycles. The van der Waals surface area contributed by atoms with Crippen LogP contribution in [0.25, 0.3) is 10.9 Å². The van der Waals surface area contributed by atoms with Gasteiger partial charge in [-0.25, -0.2) is 0 Å². The molecular weight excluding hydrogens is 674 g/mol. The first kappa shape index (κ1) is 38.5. The number of hydrogen-bond acceptors (Lipinski definition) is 7. The molecule has 0 aliphatic carbocycles. The number of para-hydroxylation sites is 1. The number of rotatable bonds is 10. The quantitative estimate of drug-likeness (QED) is 0.114. The fourth-order valence-corrected chi connectivity index (χ4v) is 6.46. The lowest BCUT2D eigenvalue weighted by Crippen LogP contribution is -2.59. The summed E-state index contributed by atoms with van der Waals surface area (Å²) in [5.74, 6) is -2.36. The van der Waals surface area contributed by atoms with Crippen molar-refractivity contribution >= 4 is 40.4 Å². The van der Waals surface area contributed by atoms with Crippen molar-refractivity contribution < 1.29 is 29.1 Å². The van der Waals surface area contributed by atoms with Gasteiger partial charge in [0.15, 0.2) is 0 Å². The third kappa shape index (κ3) is 11.4. The van der Waals surface area contributed by atoms with E-state index in [0.29, 0.717) is 37.8 Å². The molecule has 0 unspecified atom stereocenters. The molecule has 5 rings (SSSR count). The number of phenols is 1. The second-order valence-corrected chi connectivity index (χ2v) is 13.5. The SMILES string of the molecule is NCCCC[C@@H]1NC(=O)[C@H](Cc2c[nH]c3ccccc23)NC(=O)[C@H](Cc2ccccc2)NC(=O)CCCCNC(=O)[C@H](Cc2ccc(O)cc2)NC1=O. The van der Waals surface area contributed by atoms with Crippen molar-refractivity contribution in [1.29, 1.82) is 0 Å². The van der Waals surface area contributed by atoms with E-state index in [1.807, 2.05) is 54.6 Å². The minimum atomic E-state index is -1.13. The molecule has 3 aromatic carbocycles. The number of fused-ring (bicyclic) bond motifs is 1. The van der Waals surface area contributed by atoms with Crippen LogP contribution in [-0.4, -0.2) is 76.9 Å². The first-order valence-electron chi connectivity index (χ1n) is 18.2. The Kier molecular flexibility index (Phi) is 14.0. The van der Waals surface area contributed by atoms with Gasteiger partial charge in [-0.05, 0) is 73.5 Å². The third-order valence-electron chi connectivity index (χ3n) is 9.39. The van der Waals surface area contributed by atoms with Gasteiger partial charge >= 0.3 is 0 Å². The lowest BCUT2D eigenvalue weighted by molar-refractivity contribution is -0.134. The molecule has 4 aromatic rings. The molecule has 1 fully saturated rings. The van der Waals surface area contributed by atoms with Gasteiger partial charge in [-0.2, -0.15) is 0 Å². The number of nitrogens with two attached hydrogens (primary N) is 1. The number of nitrogens with one attached hydrogen (secondary N) is 6. The Morgan fingerprint density at radius 3 is 1.94 bits per heavy atom. The zero-order valence-electron chi connectivity index (χ0n) is 29.7. The molecule has 13 nitrogen and oxygen atoms in total. The Balaban J connectivity index is 1.46. The van der Waals surface area contributed by atoms with Gasteiger partial charge in [0, 0.05) is 49.3 Å². The number of unbranched alkanes of at least 4 members (excludes halogenated alkanes) is 1. The third-order valence-corrected chi connectivity index (χ3v) is 9.39. The summed E-state index contributed by atoms with van der Waals surface area (Å²) in [6.07, 6.45) is 4.62. The normalized spacial score (nSPS) is 21.0. The molecule has 0 bridgehead atoms. The van der Waals surface area contributed by atoms with E-state index < -0.39 is 47.8 Å². The Morgan fingerprint density at radius 2 is 1.23 bits per heavy atom. The number of hydrogen-bond donors (Lipinski definition) is 8. The second-order valence-electron chi connectivity index (χ2n) is 13.5. The fraction of sp³-hybridized carbons (Fsp3) is 0.375. The fourth-order valence-electron chi connectivity index (χ4n) is 6.46. The molecule has 13 heteroatoms. The van der Waals surface area contributed by atoms with Crippen LogP contribution in [0.3, 0.4) is 0 Å². The average Bonchev–Trinajstić information content (AvgIpc) is 3.56. The lowest BCUT2D eigenvalue weighted by Gasteiger charge is -2.27. The van der Waals surface area contributed by atoms with Crippen LogP contribution in [0, 0.1) is 0 Å². The highest BCUT2D eigenvalue weighted by Crippen LogP contribution is 2.20. The number of amides is 5. The highest BCUT2D eigenvalue weighted by atomic mass is 16.3. The molecule has 0 radical (unpaired) electrons. The molecule has 1 aliphatic heterocycles. The maximum atomic E-state index is 14.3. The molecular formula is C40H49N7O6. The van der Waals surface area contributed by atoms with Crippen LogP contribution >= 0.6 is 0 Å². The van der Waals surface area contributed by atoms with Crippen LogP contribution in [0.5, 0.6) is 5.75 Å². The largest absolute Gasteiger partial charge is 0.508 e. The Labute approximate surface area is 308 Å². The summed E-state index contributed by atoms with van der Waals surface area (Å²) in [5.41, 5.74) is 8.94. The maximum Gasteiger partial charge on any atom is 0.243 e. The van der Waals surface area contributed by atoms with Gasteiger partial charge in [-0.3, -0.25) is 24.0 Å². The van der Waals surface area contributed by atoms with E-state index in [-0.39, 0.29) is 50.3 Å². The number of aromatic hydroxyl groups is 1. The zero-order valence-corrected chi connectivity index (χ0v) is 29.7. The van der Waals surface area contributed by atoms with E-state index in [1.54, 1.807) is 18.3 Å². The van der Waals surface area contributed by atoms with Crippen molar-refractivity contribution in [3.8, 4) is 5.75 Å².